The number of benzene rings is 2. The van der Waals surface area contributed by atoms with Gasteiger partial charge in [-0.15, -0.1) is 11.8 Å². The predicted octanol–water partition coefficient (Wildman–Crippen LogP) is 5.88. The summed E-state index contributed by atoms with van der Waals surface area (Å²) in [5.41, 5.74) is 0.416. The van der Waals surface area contributed by atoms with Crippen LogP contribution in [-0.4, -0.2) is 11.7 Å². The van der Waals surface area contributed by atoms with Gasteiger partial charge < -0.3 is 5.32 Å². The van der Waals surface area contributed by atoms with Crippen LogP contribution in [0.2, 0.25) is 10.0 Å². The van der Waals surface area contributed by atoms with Crippen LogP contribution >= 0.6 is 35.0 Å². The van der Waals surface area contributed by atoms with E-state index in [2.05, 4.69) is 5.32 Å². The summed E-state index contributed by atoms with van der Waals surface area (Å²) in [7, 11) is 0. The van der Waals surface area contributed by atoms with Crippen molar-refractivity contribution in [3.63, 3.8) is 0 Å². The van der Waals surface area contributed by atoms with Crippen molar-refractivity contribution < 1.29 is 18.0 Å². The Balaban J connectivity index is 1.83. The van der Waals surface area contributed by atoms with Gasteiger partial charge in [0, 0.05) is 21.5 Å². The number of anilines is 1. The fourth-order valence-corrected chi connectivity index (χ4v) is 3.22. The molecule has 0 saturated carbocycles. The minimum Gasteiger partial charge on any atom is -0.325 e. The van der Waals surface area contributed by atoms with Crippen molar-refractivity contribution >= 4 is 46.6 Å². The third-order valence-corrected chi connectivity index (χ3v) is 4.57. The van der Waals surface area contributed by atoms with Crippen molar-refractivity contribution in [3.8, 4) is 0 Å². The second kappa shape index (κ2) is 8.14. The fraction of sp³-hybridized carbons (Fsp3) is 0.188. The Morgan fingerprint density at radius 2 is 1.75 bits per heavy atom. The zero-order valence-corrected chi connectivity index (χ0v) is 14.5. The van der Waals surface area contributed by atoms with E-state index in [0.717, 1.165) is 17.7 Å². The molecule has 1 amide bonds. The molecule has 0 unspecified atom stereocenters. The molecule has 0 aliphatic rings. The van der Waals surface area contributed by atoms with Crippen molar-refractivity contribution in [2.75, 3.05) is 11.1 Å². The molecule has 0 fully saturated rings. The second-order valence-corrected chi connectivity index (χ2v) is 6.68. The highest BCUT2D eigenvalue weighted by Gasteiger charge is 2.29. The Bertz CT molecular complexity index is 720. The maximum absolute atomic E-state index is 12.5. The molecule has 8 heteroatoms. The molecule has 0 aliphatic carbocycles. The molecular formula is C16H12Cl2F3NOS. The number of hydrogen-bond acceptors (Lipinski definition) is 2. The molecule has 0 heterocycles. The molecule has 128 valence electrons. The average molecular weight is 394 g/mol. The first-order chi connectivity index (χ1) is 11.3. The zero-order chi connectivity index (χ0) is 17.7. The highest BCUT2D eigenvalue weighted by Crippen LogP contribution is 2.30. The molecular weight excluding hydrogens is 382 g/mol. The molecule has 0 radical (unpaired) electrons. The molecule has 2 nitrogen and oxygen atoms in total. The average Bonchev–Trinajstić information content (AvgIpc) is 2.49. The van der Waals surface area contributed by atoms with E-state index in [-0.39, 0.29) is 11.7 Å². The van der Waals surface area contributed by atoms with Crippen LogP contribution in [0.15, 0.2) is 42.5 Å². The molecule has 0 spiro atoms. The van der Waals surface area contributed by atoms with Crippen LogP contribution in [0, 0.1) is 0 Å². The van der Waals surface area contributed by atoms with Gasteiger partial charge in [0.25, 0.3) is 0 Å². The minimum absolute atomic E-state index is 0.153. The van der Waals surface area contributed by atoms with E-state index in [1.807, 2.05) is 0 Å². The SMILES string of the molecule is O=C(CSCc1ccc(Cl)cc1Cl)Nc1ccc(C(F)(F)F)cc1. The number of carbonyl (C=O) groups excluding carboxylic acids is 1. The van der Waals surface area contributed by atoms with E-state index in [1.54, 1.807) is 18.2 Å². The first-order valence-electron chi connectivity index (χ1n) is 6.74. The lowest BCUT2D eigenvalue weighted by molar-refractivity contribution is -0.137. The summed E-state index contributed by atoms with van der Waals surface area (Å²) in [6.07, 6.45) is -4.39. The van der Waals surface area contributed by atoms with E-state index >= 15 is 0 Å². The molecule has 2 rings (SSSR count). The van der Waals surface area contributed by atoms with E-state index < -0.39 is 11.7 Å². The van der Waals surface area contributed by atoms with Crippen LogP contribution in [0.1, 0.15) is 11.1 Å². The minimum atomic E-state index is -4.39. The van der Waals surface area contributed by atoms with Crippen LogP contribution in [0.5, 0.6) is 0 Å². The van der Waals surface area contributed by atoms with Gasteiger partial charge in [-0.1, -0.05) is 29.3 Å². The van der Waals surface area contributed by atoms with Crippen LogP contribution in [-0.2, 0) is 16.7 Å². The van der Waals surface area contributed by atoms with Crippen LogP contribution in [0.3, 0.4) is 0 Å². The first kappa shape index (κ1) is 19.0. The number of carbonyl (C=O) groups is 1. The normalized spacial score (nSPS) is 11.4. The Labute approximate surface area is 151 Å². The lowest BCUT2D eigenvalue weighted by atomic mass is 10.2. The van der Waals surface area contributed by atoms with Gasteiger partial charge in [-0.3, -0.25) is 4.79 Å². The second-order valence-electron chi connectivity index (χ2n) is 4.85. The standard InChI is InChI=1S/C16H12Cl2F3NOS/c17-12-4-1-10(14(18)7-12)8-24-9-15(23)22-13-5-2-11(3-6-13)16(19,20)21/h1-7H,8-9H2,(H,22,23). The monoisotopic (exact) mass is 393 g/mol. The summed E-state index contributed by atoms with van der Waals surface area (Å²) >= 11 is 13.2. The topological polar surface area (TPSA) is 29.1 Å². The number of alkyl halides is 3. The number of hydrogen-bond donors (Lipinski definition) is 1. The highest BCUT2D eigenvalue weighted by molar-refractivity contribution is 7.99. The van der Waals surface area contributed by atoms with Crippen LogP contribution in [0.25, 0.3) is 0 Å². The van der Waals surface area contributed by atoms with Crippen molar-refractivity contribution in [1.82, 2.24) is 0 Å². The van der Waals surface area contributed by atoms with E-state index in [9.17, 15) is 18.0 Å². The summed E-state index contributed by atoms with van der Waals surface area (Å²) in [5.74, 6) is 0.376. The van der Waals surface area contributed by atoms with E-state index in [0.29, 0.717) is 21.5 Å². The molecule has 0 bridgehead atoms. The number of rotatable bonds is 5. The molecule has 2 aromatic carbocycles. The summed E-state index contributed by atoms with van der Waals surface area (Å²) in [6.45, 7) is 0. The van der Waals surface area contributed by atoms with Crippen molar-refractivity contribution in [3.05, 3.63) is 63.6 Å². The Morgan fingerprint density at radius 1 is 1.08 bits per heavy atom. The van der Waals surface area contributed by atoms with Gasteiger partial charge in [-0.05, 0) is 42.0 Å². The zero-order valence-electron chi connectivity index (χ0n) is 12.2. The molecule has 2 aromatic rings. The molecule has 1 N–H and O–H groups in total. The van der Waals surface area contributed by atoms with Crippen molar-refractivity contribution in [2.24, 2.45) is 0 Å². The molecule has 0 saturated heterocycles. The number of thioether (sulfide) groups is 1. The Kier molecular flexibility index (Phi) is 6.43. The van der Waals surface area contributed by atoms with Crippen molar-refractivity contribution in [2.45, 2.75) is 11.9 Å². The number of nitrogens with one attached hydrogen (secondary N) is 1. The summed E-state index contributed by atoms with van der Waals surface area (Å²) in [6, 6.07) is 9.42. The van der Waals surface area contributed by atoms with Gasteiger partial charge >= 0.3 is 6.18 Å². The van der Waals surface area contributed by atoms with E-state index in [4.69, 9.17) is 23.2 Å². The third kappa shape index (κ3) is 5.61. The molecule has 24 heavy (non-hydrogen) atoms. The molecule has 0 aromatic heterocycles. The van der Waals surface area contributed by atoms with Gasteiger partial charge in [0.05, 0.1) is 11.3 Å². The Hall–Kier alpha value is -1.37. The smallest absolute Gasteiger partial charge is 0.325 e. The summed E-state index contributed by atoms with van der Waals surface area (Å²) in [5, 5.41) is 3.61. The van der Waals surface area contributed by atoms with Crippen LogP contribution < -0.4 is 5.32 Å². The molecule has 0 aliphatic heterocycles. The lowest BCUT2D eigenvalue weighted by Crippen LogP contribution is -2.14. The predicted molar refractivity (Wildman–Crippen MR) is 92.7 cm³/mol. The van der Waals surface area contributed by atoms with Gasteiger partial charge in [-0.2, -0.15) is 13.2 Å². The summed E-state index contributed by atoms with van der Waals surface area (Å²) in [4.78, 5) is 11.8. The van der Waals surface area contributed by atoms with Gasteiger partial charge in [-0.25, -0.2) is 0 Å². The van der Waals surface area contributed by atoms with Gasteiger partial charge in [0.15, 0.2) is 0 Å². The lowest BCUT2D eigenvalue weighted by Gasteiger charge is -2.09. The fourth-order valence-electron chi connectivity index (χ4n) is 1.83. The maximum Gasteiger partial charge on any atom is 0.416 e. The van der Waals surface area contributed by atoms with E-state index in [1.165, 1.54) is 23.9 Å². The van der Waals surface area contributed by atoms with Crippen molar-refractivity contribution in [1.29, 1.82) is 0 Å². The van der Waals surface area contributed by atoms with Crippen LogP contribution in [0.4, 0.5) is 18.9 Å². The van der Waals surface area contributed by atoms with Gasteiger partial charge in [0.1, 0.15) is 0 Å². The molecule has 0 atom stereocenters. The number of halogens is 5. The highest BCUT2D eigenvalue weighted by atomic mass is 35.5. The maximum atomic E-state index is 12.5. The number of amides is 1. The largest absolute Gasteiger partial charge is 0.416 e. The Morgan fingerprint density at radius 3 is 2.33 bits per heavy atom. The summed E-state index contributed by atoms with van der Waals surface area (Å²) < 4.78 is 37.4. The third-order valence-electron chi connectivity index (χ3n) is 3.00. The first-order valence-corrected chi connectivity index (χ1v) is 8.65. The quantitative estimate of drug-likeness (QED) is 0.686. The van der Waals surface area contributed by atoms with Gasteiger partial charge in [0.2, 0.25) is 5.91 Å².